The monoisotopic (exact) mass is 223 g/mol. The van der Waals surface area contributed by atoms with Crippen LogP contribution in [0.15, 0.2) is 24.4 Å². The van der Waals surface area contributed by atoms with Gasteiger partial charge in [-0.3, -0.25) is 0 Å². The first-order chi connectivity index (χ1) is 7.18. The molecular formula is C12H14FNS. The fraction of sp³-hybridized carbons (Fsp3) is 0.333. The maximum absolute atomic E-state index is 13.6. The first-order valence-corrected chi connectivity index (χ1v) is 6.09. The number of aromatic nitrogens is 1. The van der Waals surface area contributed by atoms with E-state index < -0.39 is 0 Å². The average molecular weight is 223 g/mol. The largest absolute Gasteiger partial charge is 0.361 e. The summed E-state index contributed by atoms with van der Waals surface area (Å²) in [5, 5.41) is 1.31. The second-order valence-electron chi connectivity index (χ2n) is 3.84. The van der Waals surface area contributed by atoms with Crippen LogP contribution in [0.4, 0.5) is 4.39 Å². The summed E-state index contributed by atoms with van der Waals surface area (Å²) in [5.41, 5.74) is 1.94. The van der Waals surface area contributed by atoms with Crippen LogP contribution in [0.1, 0.15) is 19.4 Å². The fourth-order valence-corrected chi connectivity index (χ4v) is 2.32. The molecule has 0 bridgehead atoms. The molecule has 0 atom stereocenters. The summed E-state index contributed by atoms with van der Waals surface area (Å²) in [4.78, 5) is 3.10. The minimum atomic E-state index is -0.131. The number of halogens is 1. The lowest BCUT2D eigenvalue weighted by Crippen LogP contribution is -1.88. The Kier molecular flexibility index (Phi) is 3.00. The molecule has 1 aromatic heterocycles. The smallest absolute Gasteiger partial charge is 0.132 e. The van der Waals surface area contributed by atoms with Crippen LogP contribution in [0.25, 0.3) is 10.9 Å². The first kappa shape index (κ1) is 10.6. The number of hydrogen-bond acceptors (Lipinski definition) is 1. The molecule has 1 N–H and O–H groups in total. The fourth-order valence-electron chi connectivity index (χ4n) is 1.58. The van der Waals surface area contributed by atoms with Crippen LogP contribution in [-0.4, -0.2) is 10.2 Å². The molecule has 0 amide bonds. The summed E-state index contributed by atoms with van der Waals surface area (Å²) in [5.74, 6) is 0.728. The third-order valence-electron chi connectivity index (χ3n) is 2.31. The van der Waals surface area contributed by atoms with Crippen LogP contribution in [0.3, 0.4) is 0 Å². The van der Waals surface area contributed by atoms with Crippen LogP contribution in [0.2, 0.25) is 0 Å². The van der Waals surface area contributed by atoms with Crippen LogP contribution in [-0.2, 0) is 5.75 Å². The van der Waals surface area contributed by atoms with Crippen molar-refractivity contribution in [1.82, 2.24) is 4.98 Å². The van der Waals surface area contributed by atoms with Crippen molar-refractivity contribution in [1.29, 1.82) is 0 Å². The molecule has 0 radical (unpaired) electrons. The second-order valence-corrected chi connectivity index (χ2v) is 5.40. The standard InChI is InChI=1S/C12H14FNS/c1-8(2)15-7-9-6-14-11-5-3-4-10(13)12(9)11/h3-6,8,14H,7H2,1-2H3. The van der Waals surface area contributed by atoms with Gasteiger partial charge in [-0.2, -0.15) is 11.8 Å². The minimum absolute atomic E-state index is 0.131. The zero-order chi connectivity index (χ0) is 10.8. The van der Waals surface area contributed by atoms with Gasteiger partial charge in [0, 0.05) is 22.9 Å². The highest BCUT2D eigenvalue weighted by Crippen LogP contribution is 2.26. The molecule has 3 heteroatoms. The predicted molar refractivity (Wildman–Crippen MR) is 64.7 cm³/mol. The molecule has 1 nitrogen and oxygen atoms in total. The number of hydrogen-bond donors (Lipinski definition) is 1. The summed E-state index contributed by atoms with van der Waals surface area (Å²) in [7, 11) is 0. The second kappa shape index (κ2) is 4.27. The lowest BCUT2D eigenvalue weighted by Gasteiger charge is -2.03. The van der Waals surface area contributed by atoms with E-state index in [2.05, 4.69) is 18.8 Å². The van der Waals surface area contributed by atoms with Crippen molar-refractivity contribution in [3.8, 4) is 0 Å². The van der Waals surface area contributed by atoms with E-state index in [9.17, 15) is 4.39 Å². The number of aromatic amines is 1. The SMILES string of the molecule is CC(C)SCc1c[nH]c2cccc(F)c12. The third kappa shape index (κ3) is 2.17. The van der Waals surface area contributed by atoms with Gasteiger partial charge in [0.05, 0.1) is 0 Å². The number of benzene rings is 1. The topological polar surface area (TPSA) is 15.8 Å². The molecule has 1 aromatic carbocycles. The lowest BCUT2D eigenvalue weighted by atomic mass is 10.2. The molecule has 15 heavy (non-hydrogen) atoms. The molecule has 2 aromatic rings. The van der Waals surface area contributed by atoms with Gasteiger partial charge in [0.25, 0.3) is 0 Å². The lowest BCUT2D eigenvalue weighted by molar-refractivity contribution is 0.639. The van der Waals surface area contributed by atoms with E-state index in [1.165, 1.54) is 6.07 Å². The van der Waals surface area contributed by atoms with Gasteiger partial charge in [-0.25, -0.2) is 4.39 Å². The molecular weight excluding hydrogens is 209 g/mol. The highest BCUT2D eigenvalue weighted by Gasteiger charge is 2.08. The normalized spacial score (nSPS) is 11.5. The first-order valence-electron chi connectivity index (χ1n) is 5.04. The average Bonchev–Trinajstić information content (AvgIpc) is 2.59. The molecule has 0 aliphatic rings. The molecule has 0 unspecified atom stereocenters. The van der Waals surface area contributed by atoms with Gasteiger partial charge in [-0.1, -0.05) is 19.9 Å². The van der Waals surface area contributed by atoms with Gasteiger partial charge in [-0.05, 0) is 22.9 Å². The van der Waals surface area contributed by atoms with Crippen molar-refractivity contribution in [3.05, 3.63) is 35.8 Å². The van der Waals surface area contributed by atoms with Crippen molar-refractivity contribution in [2.24, 2.45) is 0 Å². The maximum Gasteiger partial charge on any atom is 0.132 e. The molecule has 0 spiro atoms. The zero-order valence-electron chi connectivity index (χ0n) is 8.88. The van der Waals surface area contributed by atoms with E-state index >= 15 is 0 Å². The van der Waals surface area contributed by atoms with E-state index in [0.717, 1.165) is 22.2 Å². The van der Waals surface area contributed by atoms with Crippen LogP contribution in [0, 0.1) is 5.82 Å². The van der Waals surface area contributed by atoms with Crippen LogP contribution in [0.5, 0.6) is 0 Å². The summed E-state index contributed by atoms with van der Waals surface area (Å²) < 4.78 is 13.6. The molecule has 0 aliphatic carbocycles. The van der Waals surface area contributed by atoms with Gasteiger partial charge < -0.3 is 4.98 Å². The van der Waals surface area contributed by atoms with E-state index in [4.69, 9.17) is 0 Å². The number of thioether (sulfide) groups is 1. The van der Waals surface area contributed by atoms with E-state index in [1.807, 2.05) is 24.0 Å². The number of fused-ring (bicyclic) bond motifs is 1. The van der Waals surface area contributed by atoms with Crippen molar-refractivity contribution in [3.63, 3.8) is 0 Å². The van der Waals surface area contributed by atoms with E-state index in [1.54, 1.807) is 6.07 Å². The Hall–Kier alpha value is -0.960. The van der Waals surface area contributed by atoms with Gasteiger partial charge in [0.2, 0.25) is 0 Å². The Morgan fingerprint density at radius 1 is 1.40 bits per heavy atom. The summed E-state index contributed by atoms with van der Waals surface area (Å²) in [6.45, 7) is 4.30. The Labute approximate surface area is 93.1 Å². The van der Waals surface area contributed by atoms with Crippen molar-refractivity contribution in [2.75, 3.05) is 0 Å². The Balaban J connectivity index is 2.35. The Bertz CT molecular complexity index is 462. The summed E-state index contributed by atoms with van der Waals surface area (Å²) >= 11 is 1.83. The number of rotatable bonds is 3. The Morgan fingerprint density at radius 3 is 2.93 bits per heavy atom. The molecule has 1 heterocycles. The van der Waals surface area contributed by atoms with Crippen LogP contribution < -0.4 is 0 Å². The van der Waals surface area contributed by atoms with Crippen molar-refractivity contribution >= 4 is 22.7 Å². The van der Waals surface area contributed by atoms with Crippen molar-refractivity contribution < 1.29 is 4.39 Å². The Morgan fingerprint density at radius 2 is 2.20 bits per heavy atom. The minimum Gasteiger partial charge on any atom is -0.361 e. The summed E-state index contributed by atoms with van der Waals surface area (Å²) in [6, 6.07) is 5.15. The molecule has 0 aliphatic heterocycles. The van der Waals surface area contributed by atoms with Gasteiger partial charge in [0.15, 0.2) is 0 Å². The van der Waals surface area contributed by atoms with Crippen molar-refractivity contribution in [2.45, 2.75) is 24.9 Å². The predicted octanol–water partition coefficient (Wildman–Crippen LogP) is 3.95. The zero-order valence-corrected chi connectivity index (χ0v) is 9.70. The van der Waals surface area contributed by atoms with Gasteiger partial charge in [-0.15, -0.1) is 0 Å². The van der Waals surface area contributed by atoms with Crippen LogP contribution >= 0.6 is 11.8 Å². The quantitative estimate of drug-likeness (QED) is 0.833. The molecule has 0 saturated heterocycles. The highest BCUT2D eigenvalue weighted by atomic mass is 32.2. The number of nitrogens with one attached hydrogen (secondary N) is 1. The molecule has 0 saturated carbocycles. The van der Waals surface area contributed by atoms with Gasteiger partial charge in [0.1, 0.15) is 5.82 Å². The molecule has 2 rings (SSSR count). The molecule has 80 valence electrons. The third-order valence-corrected chi connectivity index (χ3v) is 3.45. The maximum atomic E-state index is 13.6. The van der Waals surface area contributed by atoms with E-state index in [-0.39, 0.29) is 5.82 Å². The van der Waals surface area contributed by atoms with E-state index in [0.29, 0.717) is 5.25 Å². The number of H-pyrrole nitrogens is 1. The summed E-state index contributed by atoms with van der Waals surface area (Å²) in [6.07, 6.45) is 1.91. The highest BCUT2D eigenvalue weighted by molar-refractivity contribution is 7.99. The molecule has 0 fully saturated rings. The van der Waals surface area contributed by atoms with Gasteiger partial charge >= 0.3 is 0 Å².